The number of allylic oxidation sites excluding steroid dienone is 1. The first kappa shape index (κ1) is 41.8. The lowest BCUT2D eigenvalue weighted by atomic mass is 9.89. The van der Waals surface area contributed by atoms with E-state index in [1.54, 1.807) is 0 Å². The second-order valence-corrected chi connectivity index (χ2v) is 18.1. The summed E-state index contributed by atoms with van der Waals surface area (Å²) in [6, 6.07) is 81.0. The van der Waals surface area contributed by atoms with Crippen LogP contribution in [-0.4, -0.2) is 16.6 Å². The van der Waals surface area contributed by atoms with E-state index in [2.05, 4.69) is 229 Å². The number of hydrogen-bond acceptors (Lipinski definition) is 4. The largest absolute Gasteiger partial charge is 0.369 e. The highest BCUT2D eigenvalue weighted by Crippen LogP contribution is 2.47. The molecule has 0 saturated carbocycles. The zero-order valence-electron chi connectivity index (χ0n) is 38.4. The molecule has 0 atom stereocenters. The predicted octanol–water partition coefficient (Wildman–Crippen LogP) is 15.6. The van der Waals surface area contributed by atoms with Gasteiger partial charge >= 0.3 is 0 Å². The van der Waals surface area contributed by atoms with Gasteiger partial charge in [0.05, 0.1) is 29.4 Å². The standard InChI is InChI=1S/C65H50N4/c1-3-14-48(15-4-1)49-30-32-50(33-31-49)52-18-13-19-53(41-52)62-37-34-54(43-67-62)56-20-7-8-21-57(56)55-39-46(27-26-45-28-35-61(66-42-45)51-16-5-2-6-17-51)38-47(40-55)29-36-63-65-60-24-10-9-22-58(60)59-23-11-12-25-64(59)69(65)44-68-63/h1-25,28,30-35,37-43,68H,26-27,29,36,44H2. The maximum atomic E-state index is 5.09. The van der Waals surface area contributed by atoms with Crippen molar-refractivity contribution in [2.75, 3.05) is 11.6 Å². The zero-order chi connectivity index (χ0) is 45.9. The fourth-order valence-corrected chi connectivity index (χ4v) is 10.3. The third kappa shape index (κ3) is 8.54. The summed E-state index contributed by atoms with van der Waals surface area (Å²) in [6.07, 6.45) is 7.71. The van der Waals surface area contributed by atoms with Gasteiger partial charge in [-0.1, -0.05) is 200 Å². The lowest BCUT2D eigenvalue weighted by molar-refractivity contribution is 0.798. The SMILES string of the molecule is c1ccc(-c2ccc(-c3cccc(-c4ccc(-c5ccccc5-c5cc(CCC6=C7c8ccccc8-c8ccccc8N7CN6)cc(CCc6ccc(-c7ccccc7)nc6)c5)cn4)c3)cc2)cc1. The first-order valence-electron chi connectivity index (χ1n) is 24.1. The minimum atomic E-state index is 0.771. The maximum absolute atomic E-state index is 5.09. The van der Waals surface area contributed by atoms with Gasteiger partial charge in [0, 0.05) is 45.9 Å². The molecule has 0 unspecified atom stereocenters. The number of nitrogens with one attached hydrogen (secondary N) is 1. The van der Waals surface area contributed by atoms with Crippen molar-refractivity contribution in [1.29, 1.82) is 0 Å². The van der Waals surface area contributed by atoms with Crippen molar-refractivity contribution >= 4 is 11.4 Å². The van der Waals surface area contributed by atoms with Gasteiger partial charge in [-0.15, -0.1) is 0 Å². The van der Waals surface area contributed by atoms with Crippen molar-refractivity contribution in [1.82, 2.24) is 15.3 Å². The molecule has 4 nitrogen and oxygen atoms in total. The number of nitrogens with zero attached hydrogens (tertiary/aromatic N) is 3. The van der Waals surface area contributed by atoms with Crippen LogP contribution in [0.1, 0.15) is 28.7 Å². The summed E-state index contributed by atoms with van der Waals surface area (Å²) < 4.78 is 0. The number of pyridine rings is 2. The van der Waals surface area contributed by atoms with E-state index >= 15 is 0 Å². The molecule has 2 aromatic heterocycles. The predicted molar refractivity (Wildman–Crippen MR) is 286 cm³/mol. The molecule has 8 aromatic carbocycles. The number of benzene rings is 8. The lowest BCUT2D eigenvalue weighted by Gasteiger charge is -2.31. The second kappa shape index (κ2) is 18.6. The Labute approximate surface area is 405 Å². The van der Waals surface area contributed by atoms with Crippen LogP contribution >= 0.6 is 0 Å². The number of rotatable bonds is 12. The summed E-state index contributed by atoms with van der Waals surface area (Å²) >= 11 is 0. The van der Waals surface area contributed by atoms with Crippen LogP contribution in [0, 0.1) is 0 Å². The van der Waals surface area contributed by atoms with E-state index in [1.165, 1.54) is 89.4 Å². The summed E-state index contributed by atoms with van der Waals surface area (Å²) in [7, 11) is 0. The molecule has 2 aliphatic rings. The van der Waals surface area contributed by atoms with Gasteiger partial charge in [-0.3, -0.25) is 9.97 Å². The monoisotopic (exact) mass is 886 g/mol. The van der Waals surface area contributed by atoms with Crippen molar-refractivity contribution < 1.29 is 0 Å². The van der Waals surface area contributed by atoms with E-state index in [-0.39, 0.29) is 0 Å². The van der Waals surface area contributed by atoms with Gasteiger partial charge in [0.2, 0.25) is 0 Å². The lowest BCUT2D eigenvalue weighted by Crippen LogP contribution is -2.25. The molecule has 1 N–H and O–H groups in total. The quantitative estimate of drug-likeness (QED) is 0.133. The minimum Gasteiger partial charge on any atom is -0.369 e. The molecule has 0 saturated heterocycles. The van der Waals surface area contributed by atoms with Gasteiger partial charge < -0.3 is 10.2 Å². The normalized spacial score (nSPS) is 12.6. The van der Waals surface area contributed by atoms with Crippen molar-refractivity contribution in [2.45, 2.75) is 25.7 Å². The Balaban J connectivity index is 0.843. The van der Waals surface area contributed by atoms with E-state index in [0.29, 0.717) is 0 Å². The molecule has 0 radical (unpaired) electrons. The van der Waals surface area contributed by atoms with Crippen LogP contribution in [0.4, 0.5) is 5.69 Å². The van der Waals surface area contributed by atoms with Crippen molar-refractivity contribution in [3.8, 4) is 78.1 Å². The van der Waals surface area contributed by atoms with E-state index < -0.39 is 0 Å². The van der Waals surface area contributed by atoms with Gasteiger partial charge in [-0.2, -0.15) is 0 Å². The van der Waals surface area contributed by atoms with Gasteiger partial charge in [0.15, 0.2) is 0 Å². The second-order valence-electron chi connectivity index (χ2n) is 18.1. The fraction of sp³-hybridized carbons (Fsp3) is 0.0769. The topological polar surface area (TPSA) is 41.0 Å². The summed E-state index contributed by atoms with van der Waals surface area (Å²) in [5.74, 6) is 0. The third-order valence-electron chi connectivity index (χ3n) is 13.8. The Morgan fingerprint density at radius 3 is 1.57 bits per heavy atom. The van der Waals surface area contributed by atoms with Gasteiger partial charge in [0.1, 0.15) is 0 Å². The summed E-state index contributed by atoms with van der Waals surface area (Å²) in [5.41, 5.74) is 25.3. The van der Waals surface area contributed by atoms with Crippen LogP contribution in [0.5, 0.6) is 0 Å². The number of para-hydroxylation sites is 1. The number of hydrogen-bond donors (Lipinski definition) is 1. The van der Waals surface area contributed by atoms with Crippen molar-refractivity contribution in [2.24, 2.45) is 0 Å². The van der Waals surface area contributed by atoms with E-state index in [9.17, 15) is 0 Å². The van der Waals surface area contributed by atoms with Crippen LogP contribution in [-0.2, 0) is 19.3 Å². The number of aromatic nitrogens is 2. The minimum absolute atomic E-state index is 0.771. The first-order valence-corrected chi connectivity index (χ1v) is 24.1. The summed E-state index contributed by atoms with van der Waals surface area (Å²) in [6.45, 7) is 0.771. The Bertz CT molecular complexity index is 3470. The molecule has 0 fully saturated rings. The number of fused-ring (bicyclic) bond motifs is 6. The molecule has 12 rings (SSSR count). The molecular formula is C65H50N4. The van der Waals surface area contributed by atoms with Crippen LogP contribution in [0.15, 0.2) is 243 Å². The molecule has 4 heterocycles. The maximum Gasteiger partial charge on any atom is 0.0924 e. The Morgan fingerprint density at radius 1 is 0.333 bits per heavy atom. The fourth-order valence-electron chi connectivity index (χ4n) is 10.3. The zero-order valence-corrected chi connectivity index (χ0v) is 38.4. The molecule has 0 spiro atoms. The molecule has 330 valence electrons. The molecular weight excluding hydrogens is 837 g/mol. The van der Waals surface area contributed by atoms with Crippen molar-refractivity contribution in [3.05, 3.63) is 265 Å². The third-order valence-corrected chi connectivity index (χ3v) is 13.8. The smallest absolute Gasteiger partial charge is 0.0924 e. The molecule has 4 heteroatoms. The van der Waals surface area contributed by atoms with Crippen molar-refractivity contribution in [3.63, 3.8) is 0 Å². The average molecular weight is 887 g/mol. The van der Waals surface area contributed by atoms with Crippen LogP contribution < -0.4 is 10.2 Å². The molecule has 0 amide bonds. The highest BCUT2D eigenvalue weighted by Gasteiger charge is 2.32. The van der Waals surface area contributed by atoms with E-state index in [4.69, 9.17) is 9.97 Å². The molecule has 0 aliphatic carbocycles. The molecule has 10 aromatic rings. The van der Waals surface area contributed by atoms with Gasteiger partial charge in [-0.05, 0) is 111 Å². The van der Waals surface area contributed by atoms with E-state index in [1.807, 2.05) is 18.5 Å². The number of aryl methyl sites for hydroxylation is 3. The summed E-state index contributed by atoms with van der Waals surface area (Å²) in [5, 5.41) is 3.83. The molecule has 2 aliphatic heterocycles. The highest BCUT2D eigenvalue weighted by molar-refractivity contribution is 6.00. The Kier molecular flexibility index (Phi) is 11.3. The molecule has 0 bridgehead atoms. The van der Waals surface area contributed by atoms with Crippen LogP contribution in [0.2, 0.25) is 0 Å². The van der Waals surface area contributed by atoms with Gasteiger partial charge in [0.25, 0.3) is 0 Å². The van der Waals surface area contributed by atoms with Crippen LogP contribution in [0.25, 0.3) is 83.8 Å². The van der Waals surface area contributed by atoms with Crippen LogP contribution in [0.3, 0.4) is 0 Å². The van der Waals surface area contributed by atoms with Gasteiger partial charge in [-0.25, -0.2) is 0 Å². The Morgan fingerprint density at radius 2 is 0.855 bits per heavy atom. The molecule has 69 heavy (non-hydrogen) atoms. The number of anilines is 1. The summed E-state index contributed by atoms with van der Waals surface area (Å²) in [4.78, 5) is 12.4. The Hall–Kier alpha value is -8.60. The first-order chi connectivity index (χ1) is 34.2. The highest BCUT2D eigenvalue weighted by atomic mass is 15.3. The average Bonchev–Trinajstić information content (AvgIpc) is 3.87. The van der Waals surface area contributed by atoms with E-state index in [0.717, 1.165) is 60.4 Å².